The summed E-state index contributed by atoms with van der Waals surface area (Å²) in [6.45, 7) is 4.39. The average molecular weight is 521 g/mol. The van der Waals surface area contributed by atoms with Gasteiger partial charge >= 0.3 is 0 Å². The molecule has 0 aromatic heterocycles. The third kappa shape index (κ3) is 7.43. The number of benzene rings is 1. The van der Waals surface area contributed by atoms with Crippen molar-refractivity contribution in [1.29, 1.82) is 0 Å². The molecule has 3 rings (SSSR count). The van der Waals surface area contributed by atoms with E-state index >= 15 is 0 Å². The van der Waals surface area contributed by atoms with Crippen molar-refractivity contribution >= 4 is 45.9 Å². The van der Waals surface area contributed by atoms with Gasteiger partial charge in [-0.3, -0.25) is 9.89 Å². The Morgan fingerprint density at radius 2 is 1.84 bits per heavy atom. The first-order valence-corrected chi connectivity index (χ1v) is 9.96. The van der Waals surface area contributed by atoms with E-state index in [4.69, 9.17) is 0 Å². The van der Waals surface area contributed by atoms with Crippen LogP contribution in [0, 0.1) is 5.92 Å². The zero-order chi connectivity index (χ0) is 16.8. The molecule has 1 aromatic rings. The molecule has 2 fully saturated rings. The second kappa shape index (κ2) is 10.7. The Hall–Kier alpha value is -0.340. The standard InChI is InChI=1S/C19H29BrN4.HI/c1-21-19(22-11-8-15-2-3-15)23-18-9-12-24(13-10-18)14-16-4-6-17(20)7-5-16;/h4-7,15,18H,2-3,8-14H2,1H3,(H2,21,22,23);1H. The molecule has 0 spiro atoms. The molecule has 0 atom stereocenters. The van der Waals surface area contributed by atoms with E-state index in [0.29, 0.717) is 6.04 Å². The summed E-state index contributed by atoms with van der Waals surface area (Å²) in [7, 11) is 1.87. The zero-order valence-electron chi connectivity index (χ0n) is 15.0. The summed E-state index contributed by atoms with van der Waals surface area (Å²) in [6, 6.07) is 9.21. The normalized spacial score (nSPS) is 19.4. The molecule has 0 amide bonds. The third-order valence-electron chi connectivity index (χ3n) is 5.01. The minimum atomic E-state index is 0. The van der Waals surface area contributed by atoms with Gasteiger partial charge in [-0.2, -0.15) is 0 Å². The second-order valence-electron chi connectivity index (χ2n) is 7.05. The van der Waals surface area contributed by atoms with Crippen LogP contribution in [0.4, 0.5) is 0 Å². The summed E-state index contributed by atoms with van der Waals surface area (Å²) in [5.74, 6) is 1.94. The fourth-order valence-corrected chi connectivity index (χ4v) is 3.54. The molecule has 2 N–H and O–H groups in total. The van der Waals surface area contributed by atoms with Crippen molar-refractivity contribution in [2.24, 2.45) is 10.9 Å². The summed E-state index contributed by atoms with van der Waals surface area (Å²) in [4.78, 5) is 6.92. The Labute approximate surface area is 177 Å². The Balaban J connectivity index is 0.00000225. The van der Waals surface area contributed by atoms with Gasteiger partial charge in [-0.25, -0.2) is 0 Å². The molecule has 2 aliphatic rings. The lowest BCUT2D eigenvalue weighted by atomic mass is 10.0. The lowest BCUT2D eigenvalue weighted by Crippen LogP contribution is -2.48. The maximum atomic E-state index is 4.37. The molecule has 0 bridgehead atoms. The predicted molar refractivity (Wildman–Crippen MR) is 120 cm³/mol. The number of halogens is 2. The van der Waals surface area contributed by atoms with E-state index in [1.54, 1.807) is 0 Å². The molecule has 1 saturated heterocycles. The van der Waals surface area contributed by atoms with Crippen molar-refractivity contribution in [3.8, 4) is 0 Å². The van der Waals surface area contributed by atoms with Gasteiger partial charge in [0, 0.05) is 43.7 Å². The highest BCUT2D eigenvalue weighted by atomic mass is 127. The van der Waals surface area contributed by atoms with Gasteiger partial charge in [-0.05, 0) is 42.9 Å². The predicted octanol–water partition coefficient (Wildman–Crippen LogP) is 4.00. The highest BCUT2D eigenvalue weighted by molar-refractivity contribution is 14.0. The summed E-state index contributed by atoms with van der Waals surface area (Å²) in [6.07, 6.45) is 6.49. The lowest BCUT2D eigenvalue weighted by molar-refractivity contribution is 0.198. The minimum absolute atomic E-state index is 0. The number of rotatable bonds is 6. The Morgan fingerprint density at radius 1 is 1.16 bits per heavy atom. The van der Waals surface area contributed by atoms with Gasteiger partial charge in [0.1, 0.15) is 0 Å². The molecule has 1 saturated carbocycles. The van der Waals surface area contributed by atoms with Crippen molar-refractivity contribution < 1.29 is 0 Å². The molecule has 140 valence electrons. The molecule has 1 aromatic carbocycles. The Morgan fingerprint density at radius 3 is 2.44 bits per heavy atom. The van der Waals surface area contributed by atoms with E-state index < -0.39 is 0 Å². The molecule has 1 aliphatic heterocycles. The summed E-state index contributed by atoms with van der Waals surface area (Å²) in [5.41, 5.74) is 1.39. The molecular formula is C19H30BrIN4. The first kappa shape index (κ1) is 21.0. The van der Waals surface area contributed by atoms with E-state index in [1.807, 2.05) is 7.05 Å². The van der Waals surface area contributed by atoms with Crippen molar-refractivity contribution in [3.05, 3.63) is 34.3 Å². The molecule has 4 nitrogen and oxygen atoms in total. The maximum absolute atomic E-state index is 4.37. The van der Waals surface area contributed by atoms with Crippen LogP contribution in [0.25, 0.3) is 0 Å². The molecule has 6 heteroatoms. The number of aliphatic imine (C=N–C) groups is 1. The van der Waals surface area contributed by atoms with E-state index in [-0.39, 0.29) is 24.0 Å². The van der Waals surface area contributed by atoms with Crippen molar-refractivity contribution in [2.45, 2.75) is 44.7 Å². The highest BCUT2D eigenvalue weighted by Crippen LogP contribution is 2.31. The van der Waals surface area contributed by atoms with Crippen LogP contribution in [0.3, 0.4) is 0 Å². The van der Waals surface area contributed by atoms with Gasteiger partial charge in [-0.15, -0.1) is 24.0 Å². The topological polar surface area (TPSA) is 39.7 Å². The fraction of sp³-hybridized carbons (Fsp3) is 0.632. The van der Waals surface area contributed by atoms with Crippen LogP contribution in [0.15, 0.2) is 33.7 Å². The monoisotopic (exact) mass is 520 g/mol. The summed E-state index contributed by atoms with van der Waals surface area (Å²) < 4.78 is 1.15. The smallest absolute Gasteiger partial charge is 0.191 e. The van der Waals surface area contributed by atoms with E-state index in [0.717, 1.165) is 42.5 Å². The first-order chi connectivity index (χ1) is 11.7. The van der Waals surface area contributed by atoms with Crippen LogP contribution < -0.4 is 10.6 Å². The highest BCUT2D eigenvalue weighted by Gasteiger charge is 2.22. The van der Waals surface area contributed by atoms with Crippen LogP contribution in [-0.2, 0) is 6.54 Å². The molecular weight excluding hydrogens is 491 g/mol. The number of piperidine rings is 1. The van der Waals surface area contributed by atoms with Crippen LogP contribution in [0.1, 0.15) is 37.7 Å². The number of hydrogen-bond donors (Lipinski definition) is 2. The van der Waals surface area contributed by atoms with Crippen LogP contribution in [0.2, 0.25) is 0 Å². The largest absolute Gasteiger partial charge is 0.356 e. The Kier molecular flexibility index (Phi) is 8.99. The second-order valence-corrected chi connectivity index (χ2v) is 7.97. The molecule has 1 aliphatic carbocycles. The third-order valence-corrected chi connectivity index (χ3v) is 5.54. The van der Waals surface area contributed by atoms with Crippen molar-refractivity contribution in [1.82, 2.24) is 15.5 Å². The van der Waals surface area contributed by atoms with Crippen LogP contribution >= 0.6 is 39.9 Å². The number of nitrogens with one attached hydrogen (secondary N) is 2. The summed E-state index contributed by atoms with van der Waals surface area (Å²) in [5, 5.41) is 7.06. The number of likely N-dealkylation sites (tertiary alicyclic amines) is 1. The summed E-state index contributed by atoms with van der Waals surface area (Å²) >= 11 is 3.50. The van der Waals surface area contributed by atoms with Gasteiger partial charge < -0.3 is 10.6 Å². The van der Waals surface area contributed by atoms with E-state index in [9.17, 15) is 0 Å². The Bertz CT molecular complexity index is 537. The lowest BCUT2D eigenvalue weighted by Gasteiger charge is -2.33. The molecule has 1 heterocycles. The zero-order valence-corrected chi connectivity index (χ0v) is 18.9. The first-order valence-electron chi connectivity index (χ1n) is 9.17. The van der Waals surface area contributed by atoms with Crippen molar-refractivity contribution in [2.75, 3.05) is 26.7 Å². The maximum Gasteiger partial charge on any atom is 0.191 e. The van der Waals surface area contributed by atoms with Gasteiger partial charge in [0.05, 0.1) is 0 Å². The average Bonchev–Trinajstić information content (AvgIpc) is 3.42. The molecule has 25 heavy (non-hydrogen) atoms. The van der Waals surface area contributed by atoms with Gasteiger partial charge in [-0.1, -0.05) is 40.9 Å². The number of guanidine groups is 1. The van der Waals surface area contributed by atoms with Gasteiger partial charge in [0.25, 0.3) is 0 Å². The van der Waals surface area contributed by atoms with Crippen LogP contribution in [-0.4, -0.2) is 43.6 Å². The molecule has 0 radical (unpaired) electrons. The van der Waals surface area contributed by atoms with Crippen LogP contribution in [0.5, 0.6) is 0 Å². The number of nitrogens with zero attached hydrogens (tertiary/aromatic N) is 2. The van der Waals surface area contributed by atoms with Gasteiger partial charge in [0.2, 0.25) is 0 Å². The number of hydrogen-bond acceptors (Lipinski definition) is 2. The SMILES string of the molecule is CN=C(NCCC1CC1)NC1CCN(Cc2ccc(Br)cc2)CC1.I. The van der Waals surface area contributed by atoms with E-state index in [2.05, 4.69) is 60.7 Å². The molecule has 0 unspecified atom stereocenters. The van der Waals surface area contributed by atoms with E-state index in [1.165, 1.54) is 37.7 Å². The fourth-order valence-electron chi connectivity index (χ4n) is 3.27. The minimum Gasteiger partial charge on any atom is -0.356 e. The van der Waals surface area contributed by atoms with Crippen molar-refractivity contribution in [3.63, 3.8) is 0 Å². The van der Waals surface area contributed by atoms with Gasteiger partial charge in [0.15, 0.2) is 5.96 Å². The quantitative estimate of drug-likeness (QED) is 0.338.